The monoisotopic (exact) mass is 411 g/mol. The molecule has 0 radical (unpaired) electrons. The number of rotatable bonds is 6. The third-order valence-corrected chi connectivity index (χ3v) is 4.37. The van der Waals surface area contributed by atoms with E-state index in [0.29, 0.717) is 15.3 Å². The van der Waals surface area contributed by atoms with Crippen LogP contribution in [0.15, 0.2) is 18.2 Å². The van der Waals surface area contributed by atoms with Crippen molar-refractivity contribution in [3.63, 3.8) is 0 Å². The van der Waals surface area contributed by atoms with E-state index in [9.17, 15) is 18.8 Å². The second-order valence-electron chi connectivity index (χ2n) is 6.94. The molecule has 0 aliphatic rings. The predicted molar refractivity (Wildman–Crippen MR) is 103 cm³/mol. The SMILES string of the molecule is COC(=O)C(CCC(=O)Nc1nc2ccc(F)cc2s1)NC(=O)OC(C)(C)C. The summed E-state index contributed by atoms with van der Waals surface area (Å²) in [5.74, 6) is -1.48. The molecule has 2 N–H and O–H groups in total. The van der Waals surface area contributed by atoms with Gasteiger partial charge < -0.3 is 20.1 Å². The number of nitrogens with one attached hydrogen (secondary N) is 2. The van der Waals surface area contributed by atoms with Gasteiger partial charge in [0.05, 0.1) is 17.3 Å². The lowest BCUT2D eigenvalue weighted by atomic mass is 10.1. The van der Waals surface area contributed by atoms with Crippen LogP contribution in [0.1, 0.15) is 33.6 Å². The molecule has 0 aliphatic carbocycles. The van der Waals surface area contributed by atoms with Gasteiger partial charge in [-0.1, -0.05) is 11.3 Å². The third-order valence-electron chi connectivity index (χ3n) is 3.43. The van der Waals surface area contributed by atoms with Crippen molar-refractivity contribution in [1.29, 1.82) is 0 Å². The summed E-state index contributed by atoms with van der Waals surface area (Å²) < 4.78 is 23.6. The van der Waals surface area contributed by atoms with Crippen molar-refractivity contribution in [1.82, 2.24) is 10.3 Å². The fourth-order valence-electron chi connectivity index (χ4n) is 2.25. The number of amides is 2. The van der Waals surface area contributed by atoms with Crippen molar-refractivity contribution in [3.05, 3.63) is 24.0 Å². The summed E-state index contributed by atoms with van der Waals surface area (Å²) in [6.07, 6.45) is -0.839. The number of ether oxygens (including phenoxy) is 2. The molecule has 10 heteroatoms. The quantitative estimate of drug-likeness (QED) is 0.707. The zero-order valence-corrected chi connectivity index (χ0v) is 16.8. The Balaban J connectivity index is 1.94. The normalized spacial score (nSPS) is 12.3. The summed E-state index contributed by atoms with van der Waals surface area (Å²) in [5, 5.41) is 5.33. The van der Waals surface area contributed by atoms with E-state index in [-0.39, 0.29) is 18.7 Å². The number of methoxy groups -OCH3 is 1. The molecule has 1 unspecified atom stereocenters. The van der Waals surface area contributed by atoms with Gasteiger partial charge in [0.1, 0.15) is 17.5 Å². The Bertz CT molecular complexity index is 878. The van der Waals surface area contributed by atoms with Gasteiger partial charge in [0, 0.05) is 6.42 Å². The number of carbonyl (C=O) groups is 3. The second-order valence-corrected chi connectivity index (χ2v) is 7.97. The number of hydrogen-bond acceptors (Lipinski definition) is 7. The van der Waals surface area contributed by atoms with Crippen LogP contribution < -0.4 is 10.6 Å². The number of hydrogen-bond donors (Lipinski definition) is 2. The minimum Gasteiger partial charge on any atom is -0.467 e. The molecule has 8 nitrogen and oxygen atoms in total. The van der Waals surface area contributed by atoms with E-state index >= 15 is 0 Å². The molecule has 28 heavy (non-hydrogen) atoms. The van der Waals surface area contributed by atoms with Gasteiger partial charge in [0.15, 0.2) is 5.13 Å². The predicted octanol–water partition coefficient (Wildman–Crippen LogP) is 3.22. The maximum atomic E-state index is 13.2. The minimum absolute atomic E-state index is 0.0112. The number of benzene rings is 1. The second kappa shape index (κ2) is 8.96. The van der Waals surface area contributed by atoms with E-state index in [1.807, 2.05) is 0 Å². The van der Waals surface area contributed by atoms with Gasteiger partial charge >= 0.3 is 12.1 Å². The van der Waals surface area contributed by atoms with E-state index < -0.39 is 29.6 Å². The molecular formula is C18H22FN3O5S. The molecule has 2 amide bonds. The van der Waals surface area contributed by atoms with Gasteiger partial charge in [-0.3, -0.25) is 4.79 Å². The molecule has 0 bridgehead atoms. The van der Waals surface area contributed by atoms with E-state index in [1.54, 1.807) is 20.8 Å². The lowest BCUT2D eigenvalue weighted by molar-refractivity contribution is -0.143. The molecule has 1 aromatic carbocycles. The van der Waals surface area contributed by atoms with Crippen LogP contribution in [0.2, 0.25) is 0 Å². The lowest BCUT2D eigenvalue weighted by Gasteiger charge is -2.22. The Morgan fingerprint density at radius 2 is 2.00 bits per heavy atom. The zero-order chi connectivity index (χ0) is 20.9. The van der Waals surface area contributed by atoms with E-state index in [2.05, 4.69) is 20.4 Å². The molecule has 1 atom stereocenters. The van der Waals surface area contributed by atoms with Gasteiger partial charge in [-0.25, -0.2) is 19.0 Å². The molecule has 0 saturated carbocycles. The van der Waals surface area contributed by atoms with Crippen molar-refractivity contribution in [2.45, 2.75) is 45.3 Å². The Labute approximate surface area is 165 Å². The van der Waals surface area contributed by atoms with Crippen LogP contribution in [0, 0.1) is 5.82 Å². The molecule has 152 valence electrons. The van der Waals surface area contributed by atoms with E-state index in [1.165, 1.54) is 25.3 Å². The standard InChI is InChI=1S/C18H22FN3O5S/c1-18(2,3)27-17(25)21-12(15(24)26-4)7-8-14(23)22-16-20-11-6-5-10(19)9-13(11)28-16/h5-6,9,12H,7-8H2,1-4H3,(H,21,25)(H,20,22,23). The molecule has 0 aliphatic heterocycles. The van der Waals surface area contributed by atoms with E-state index in [0.717, 1.165) is 11.3 Å². The van der Waals surface area contributed by atoms with Crippen molar-refractivity contribution >= 4 is 44.7 Å². The highest BCUT2D eigenvalue weighted by atomic mass is 32.1. The molecule has 1 heterocycles. The zero-order valence-electron chi connectivity index (χ0n) is 16.0. The first-order valence-electron chi connectivity index (χ1n) is 8.50. The van der Waals surface area contributed by atoms with Gasteiger partial charge in [-0.2, -0.15) is 0 Å². The minimum atomic E-state index is -1.03. The Hall–Kier alpha value is -2.75. The van der Waals surface area contributed by atoms with Crippen molar-refractivity contribution in [3.8, 4) is 0 Å². The number of fused-ring (bicyclic) bond motifs is 1. The van der Waals surface area contributed by atoms with Crippen LogP contribution in [0.4, 0.5) is 14.3 Å². The number of thiazole rings is 1. The molecule has 1 aromatic heterocycles. The Morgan fingerprint density at radius 1 is 1.29 bits per heavy atom. The highest BCUT2D eigenvalue weighted by Gasteiger charge is 2.25. The van der Waals surface area contributed by atoms with Gasteiger partial charge in [0.2, 0.25) is 5.91 Å². The first kappa shape index (κ1) is 21.5. The van der Waals surface area contributed by atoms with Gasteiger partial charge in [-0.05, 0) is 45.4 Å². The molecule has 0 spiro atoms. The lowest BCUT2D eigenvalue weighted by Crippen LogP contribution is -2.44. The first-order valence-corrected chi connectivity index (χ1v) is 9.32. The summed E-state index contributed by atoms with van der Waals surface area (Å²) in [7, 11) is 1.19. The summed E-state index contributed by atoms with van der Waals surface area (Å²) in [6.45, 7) is 5.07. The number of alkyl carbamates (subject to hydrolysis) is 1. The molecule has 0 fully saturated rings. The number of esters is 1. The molecule has 2 aromatic rings. The van der Waals surface area contributed by atoms with Crippen LogP contribution in [0.3, 0.4) is 0 Å². The third kappa shape index (κ3) is 6.45. The van der Waals surface area contributed by atoms with E-state index in [4.69, 9.17) is 4.74 Å². The van der Waals surface area contributed by atoms with Crippen LogP contribution >= 0.6 is 11.3 Å². The van der Waals surface area contributed by atoms with Crippen molar-refractivity contribution in [2.24, 2.45) is 0 Å². The van der Waals surface area contributed by atoms with Crippen molar-refractivity contribution in [2.75, 3.05) is 12.4 Å². The fourth-order valence-corrected chi connectivity index (χ4v) is 3.16. The van der Waals surface area contributed by atoms with Crippen LogP contribution in [0.25, 0.3) is 10.2 Å². The summed E-state index contributed by atoms with van der Waals surface area (Å²) in [5.41, 5.74) is -0.158. The Morgan fingerprint density at radius 3 is 2.64 bits per heavy atom. The number of halogens is 1. The summed E-state index contributed by atoms with van der Waals surface area (Å²) in [4.78, 5) is 40.1. The van der Waals surface area contributed by atoms with Crippen LogP contribution in [-0.2, 0) is 19.1 Å². The van der Waals surface area contributed by atoms with Gasteiger partial charge in [0.25, 0.3) is 0 Å². The molecular weight excluding hydrogens is 389 g/mol. The molecule has 0 saturated heterocycles. The average molecular weight is 411 g/mol. The maximum absolute atomic E-state index is 13.2. The number of anilines is 1. The van der Waals surface area contributed by atoms with Crippen molar-refractivity contribution < 1.29 is 28.2 Å². The topological polar surface area (TPSA) is 107 Å². The largest absolute Gasteiger partial charge is 0.467 e. The number of nitrogens with zero attached hydrogens (tertiary/aromatic N) is 1. The smallest absolute Gasteiger partial charge is 0.408 e. The number of carbonyl (C=O) groups excluding carboxylic acids is 3. The average Bonchev–Trinajstić information content (AvgIpc) is 2.97. The first-order chi connectivity index (χ1) is 13.1. The molecule has 2 rings (SSSR count). The number of aromatic nitrogens is 1. The van der Waals surface area contributed by atoms with Crippen LogP contribution in [0.5, 0.6) is 0 Å². The van der Waals surface area contributed by atoms with Crippen LogP contribution in [-0.4, -0.2) is 41.7 Å². The summed E-state index contributed by atoms with van der Waals surface area (Å²) in [6, 6.07) is 3.11. The summed E-state index contributed by atoms with van der Waals surface area (Å²) >= 11 is 1.14. The fraction of sp³-hybridized carbons (Fsp3) is 0.444. The van der Waals surface area contributed by atoms with Gasteiger partial charge in [-0.15, -0.1) is 0 Å². The Kier molecular flexibility index (Phi) is 6.90. The highest BCUT2D eigenvalue weighted by Crippen LogP contribution is 2.26. The maximum Gasteiger partial charge on any atom is 0.408 e. The highest BCUT2D eigenvalue weighted by molar-refractivity contribution is 7.22.